The van der Waals surface area contributed by atoms with Crippen molar-refractivity contribution in [2.24, 2.45) is 0 Å². The van der Waals surface area contributed by atoms with Crippen LogP contribution in [0.1, 0.15) is 27.0 Å². The summed E-state index contributed by atoms with van der Waals surface area (Å²) in [7, 11) is 0. The van der Waals surface area contributed by atoms with Crippen LogP contribution < -0.4 is 0 Å². The van der Waals surface area contributed by atoms with Crippen molar-refractivity contribution in [3.63, 3.8) is 0 Å². The third-order valence-corrected chi connectivity index (χ3v) is 4.59. The molecule has 0 atom stereocenters. The molecule has 3 heteroatoms. The lowest BCUT2D eigenvalue weighted by molar-refractivity contribution is 0.102. The molecule has 2 aromatic carbocycles. The van der Waals surface area contributed by atoms with Crippen LogP contribution in [0.3, 0.4) is 0 Å². The third-order valence-electron chi connectivity index (χ3n) is 3.32. The van der Waals surface area contributed by atoms with Gasteiger partial charge in [0.25, 0.3) is 0 Å². The van der Waals surface area contributed by atoms with Gasteiger partial charge in [-0.05, 0) is 67.8 Å². The molecule has 2 aromatic rings. The average Bonchev–Trinajstić information content (AvgIpc) is 2.42. The van der Waals surface area contributed by atoms with E-state index in [2.05, 4.69) is 13.0 Å². The van der Waals surface area contributed by atoms with Gasteiger partial charge >= 0.3 is 0 Å². The topological polar surface area (TPSA) is 17.1 Å². The fourth-order valence-corrected chi connectivity index (χ4v) is 2.93. The summed E-state index contributed by atoms with van der Waals surface area (Å²) in [5.74, 6) is 0.621. The van der Waals surface area contributed by atoms with Gasteiger partial charge in [0, 0.05) is 15.5 Å². The molecule has 0 fully saturated rings. The molecule has 0 unspecified atom stereocenters. The minimum absolute atomic E-state index is 0.172. The monoisotopic (exact) mass is 304 g/mol. The number of benzene rings is 2. The first kappa shape index (κ1) is 15.1. The minimum Gasteiger partial charge on any atom is -0.293 e. The summed E-state index contributed by atoms with van der Waals surface area (Å²) >= 11 is 7.39. The van der Waals surface area contributed by atoms with Crippen molar-refractivity contribution in [3.8, 4) is 0 Å². The van der Waals surface area contributed by atoms with Crippen LogP contribution in [0.25, 0.3) is 0 Å². The average molecular weight is 305 g/mol. The van der Waals surface area contributed by atoms with Crippen molar-refractivity contribution in [2.45, 2.75) is 25.7 Å². The molecule has 2 rings (SSSR count). The maximum absolute atomic E-state index is 12.3. The Morgan fingerprint density at radius 2 is 1.60 bits per heavy atom. The van der Waals surface area contributed by atoms with Crippen molar-refractivity contribution in [1.29, 1.82) is 0 Å². The molecular weight excluding hydrogens is 288 g/mol. The first-order valence-electron chi connectivity index (χ1n) is 6.47. The molecule has 0 amide bonds. The Balaban J connectivity index is 2.09. The molecule has 104 valence electrons. The van der Waals surface area contributed by atoms with E-state index < -0.39 is 0 Å². The lowest BCUT2D eigenvalue weighted by atomic mass is 9.99. The quantitative estimate of drug-likeness (QED) is 0.567. The van der Waals surface area contributed by atoms with Gasteiger partial charge < -0.3 is 0 Å². The van der Waals surface area contributed by atoms with Gasteiger partial charge in [-0.25, -0.2) is 0 Å². The molecule has 20 heavy (non-hydrogen) atoms. The summed E-state index contributed by atoms with van der Waals surface area (Å²) in [6, 6.07) is 11.6. The van der Waals surface area contributed by atoms with Crippen LogP contribution in [0.15, 0.2) is 41.3 Å². The number of ketones is 1. The van der Waals surface area contributed by atoms with E-state index in [9.17, 15) is 4.79 Å². The number of rotatable bonds is 4. The van der Waals surface area contributed by atoms with E-state index in [-0.39, 0.29) is 5.78 Å². The highest BCUT2D eigenvalue weighted by Gasteiger charge is 2.11. The number of aryl methyl sites for hydroxylation is 3. The van der Waals surface area contributed by atoms with Gasteiger partial charge in [0.15, 0.2) is 5.78 Å². The number of hydrogen-bond acceptors (Lipinski definition) is 2. The van der Waals surface area contributed by atoms with Crippen LogP contribution in [0.2, 0.25) is 5.02 Å². The zero-order valence-electron chi connectivity index (χ0n) is 11.9. The number of thioether (sulfide) groups is 1. The van der Waals surface area contributed by atoms with Crippen molar-refractivity contribution >= 4 is 29.1 Å². The summed E-state index contributed by atoms with van der Waals surface area (Å²) in [5.41, 5.74) is 4.27. The van der Waals surface area contributed by atoms with Gasteiger partial charge in [0.05, 0.1) is 5.75 Å². The van der Waals surface area contributed by atoms with Crippen molar-refractivity contribution in [2.75, 3.05) is 5.75 Å². The lowest BCUT2D eigenvalue weighted by Gasteiger charge is -2.09. The smallest absolute Gasteiger partial charge is 0.173 e. The Morgan fingerprint density at radius 3 is 2.25 bits per heavy atom. The Labute approximate surface area is 129 Å². The Kier molecular flexibility index (Phi) is 4.90. The molecule has 0 aliphatic carbocycles. The summed E-state index contributed by atoms with van der Waals surface area (Å²) in [6.07, 6.45) is 0. The highest BCUT2D eigenvalue weighted by Crippen LogP contribution is 2.23. The lowest BCUT2D eigenvalue weighted by Crippen LogP contribution is -2.06. The minimum atomic E-state index is 0.172. The second-order valence-electron chi connectivity index (χ2n) is 4.92. The highest BCUT2D eigenvalue weighted by atomic mass is 35.5. The maximum atomic E-state index is 12.3. The molecule has 0 saturated heterocycles. The molecule has 0 heterocycles. The first-order valence-corrected chi connectivity index (χ1v) is 7.83. The van der Waals surface area contributed by atoms with Gasteiger partial charge in [-0.1, -0.05) is 17.7 Å². The first-order chi connectivity index (χ1) is 9.47. The maximum Gasteiger partial charge on any atom is 0.173 e. The molecular formula is C17H17ClOS. The van der Waals surface area contributed by atoms with E-state index in [0.717, 1.165) is 21.6 Å². The van der Waals surface area contributed by atoms with Crippen LogP contribution in [0, 0.1) is 20.8 Å². The molecule has 0 bridgehead atoms. The standard InChI is InChI=1S/C17H17ClOS/c1-11-8-13(3)16(9-12(11)2)17(19)10-20-15-6-4-14(18)5-7-15/h4-9H,10H2,1-3H3. The van der Waals surface area contributed by atoms with Crippen molar-refractivity contribution in [1.82, 2.24) is 0 Å². The number of halogens is 1. The van der Waals surface area contributed by atoms with E-state index in [1.54, 1.807) is 11.8 Å². The molecule has 0 saturated carbocycles. The van der Waals surface area contributed by atoms with Crippen LogP contribution in [0.5, 0.6) is 0 Å². The van der Waals surface area contributed by atoms with Gasteiger partial charge in [-0.15, -0.1) is 11.8 Å². The zero-order valence-corrected chi connectivity index (χ0v) is 13.4. The Morgan fingerprint density at radius 1 is 1.00 bits per heavy atom. The van der Waals surface area contributed by atoms with E-state index in [4.69, 9.17) is 11.6 Å². The van der Waals surface area contributed by atoms with Crippen LogP contribution in [-0.2, 0) is 0 Å². The van der Waals surface area contributed by atoms with E-state index in [0.29, 0.717) is 10.8 Å². The number of carbonyl (C=O) groups excluding carboxylic acids is 1. The normalized spacial score (nSPS) is 10.6. The second kappa shape index (κ2) is 6.47. The van der Waals surface area contributed by atoms with Crippen LogP contribution in [0.4, 0.5) is 0 Å². The number of carbonyl (C=O) groups is 1. The summed E-state index contributed by atoms with van der Waals surface area (Å²) < 4.78 is 0. The second-order valence-corrected chi connectivity index (χ2v) is 6.40. The van der Waals surface area contributed by atoms with E-state index in [1.807, 2.05) is 44.2 Å². The number of hydrogen-bond donors (Lipinski definition) is 0. The summed E-state index contributed by atoms with van der Waals surface area (Å²) in [6.45, 7) is 6.10. The molecule has 0 N–H and O–H groups in total. The van der Waals surface area contributed by atoms with Crippen LogP contribution in [-0.4, -0.2) is 11.5 Å². The van der Waals surface area contributed by atoms with Crippen molar-refractivity contribution < 1.29 is 4.79 Å². The van der Waals surface area contributed by atoms with Gasteiger partial charge in [0.1, 0.15) is 0 Å². The number of Topliss-reactive ketones (excluding diaryl/α,β-unsaturated/α-hetero) is 1. The molecule has 0 radical (unpaired) electrons. The summed E-state index contributed by atoms with van der Waals surface area (Å²) in [4.78, 5) is 13.4. The van der Waals surface area contributed by atoms with Gasteiger partial charge in [0.2, 0.25) is 0 Å². The third kappa shape index (κ3) is 3.65. The predicted molar refractivity (Wildman–Crippen MR) is 87.2 cm³/mol. The van der Waals surface area contributed by atoms with E-state index >= 15 is 0 Å². The SMILES string of the molecule is Cc1cc(C)c(C(=O)CSc2ccc(Cl)cc2)cc1C. The van der Waals surface area contributed by atoms with Crippen molar-refractivity contribution in [3.05, 3.63) is 63.7 Å². The molecule has 0 aliphatic rings. The fraction of sp³-hybridized carbons (Fsp3) is 0.235. The molecule has 0 spiro atoms. The Bertz CT molecular complexity index is 632. The summed E-state index contributed by atoms with van der Waals surface area (Å²) in [5, 5.41) is 0.714. The largest absolute Gasteiger partial charge is 0.293 e. The van der Waals surface area contributed by atoms with Gasteiger partial charge in [-0.2, -0.15) is 0 Å². The molecule has 0 aromatic heterocycles. The predicted octanol–water partition coefficient (Wildman–Crippen LogP) is 5.24. The molecule has 0 aliphatic heterocycles. The van der Waals surface area contributed by atoms with Crippen LogP contribution >= 0.6 is 23.4 Å². The van der Waals surface area contributed by atoms with Gasteiger partial charge in [-0.3, -0.25) is 4.79 Å². The zero-order chi connectivity index (χ0) is 14.7. The molecule has 1 nitrogen and oxygen atoms in total. The van der Waals surface area contributed by atoms with E-state index in [1.165, 1.54) is 5.56 Å². The Hall–Kier alpha value is -1.25. The highest BCUT2D eigenvalue weighted by molar-refractivity contribution is 8.00. The fourth-order valence-electron chi connectivity index (χ4n) is 2.02.